The van der Waals surface area contributed by atoms with E-state index in [2.05, 4.69) is 0 Å². The van der Waals surface area contributed by atoms with Crippen molar-refractivity contribution in [3.05, 3.63) is 70.3 Å². The van der Waals surface area contributed by atoms with Crippen molar-refractivity contribution in [3.63, 3.8) is 0 Å². The first kappa shape index (κ1) is 17.2. The summed E-state index contributed by atoms with van der Waals surface area (Å²) in [5, 5.41) is 0.699. The summed E-state index contributed by atoms with van der Waals surface area (Å²) in [7, 11) is -4.20. The minimum Gasteiger partial charge on any atom is -0.423 e. The van der Waals surface area contributed by atoms with Gasteiger partial charge in [0.05, 0.1) is 0 Å². The van der Waals surface area contributed by atoms with Crippen molar-refractivity contribution in [2.24, 2.45) is 0 Å². The van der Waals surface area contributed by atoms with Crippen LogP contribution in [0, 0.1) is 5.82 Å². The second kappa shape index (κ2) is 6.33. The number of hydrogen-bond donors (Lipinski definition) is 0. The zero-order valence-electron chi connectivity index (χ0n) is 13.5. The molecule has 0 saturated heterocycles. The Morgan fingerprint density at radius 3 is 2.52 bits per heavy atom. The van der Waals surface area contributed by atoms with Gasteiger partial charge in [0, 0.05) is 17.5 Å². The molecule has 0 aliphatic heterocycles. The Bertz CT molecular complexity index is 1100. The molecule has 130 valence electrons. The zero-order chi connectivity index (χ0) is 18.2. The van der Waals surface area contributed by atoms with Crippen LogP contribution in [-0.2, 0) is 10.1 Å². The molecule has 3 aromatic rings. The molecule has 0 amide bonds. The molecule has 0 atom stereocenters. The highest BCUT2D eigenvalue weighted by molar-refractivity contribution is 7.87. The van der Waals surface area contributed by atoms with Crippen LogP contribution in [0.15, 0.2) is 62.6 Å². The fourth-order valence-corrected chi connectivity index (χ4v) is 3.45. The molecule has 0 saturated carbocycles. The fraction of sp³-hybridized carbons (Fsp3) is 0.167. The Balaban J connectivity index is 2.04. The highest BCUT2D eigenvalue weighted by Gasteiger charge is 2.18. The summed E-state index contributed by atoms with van der Waals surface area (Å²) >= 11 is 0. The summed E-state index contributed by atoms with van der Waals surface area (Å²) in [6.07, 6.45) is 0. The Morgan fingerprint density at radius 1 is 1.08 bits per heavy atom. The molecule has 2 aromatic carbocycles. The SMILES string of the molecule is CC(C)c1cc(=O)oc2cc(OS(=O)(=O)c3cccc(F)c3)ccc12. The lowest BCUT2D eigenvalue weighted by Gasteiger charge is -2.10. The van der Waals surface area contributed by atoms with Crippen LogP contribution in [0.4, 0.5) is 4.39 Å². The summed E-state index contributed by atoms with van der Waals surface area (Å²) in [5.41, 5.74) is 0.496. The van der Waals surface area contributed by atoms with Gasteiger partial charge in [-0.25, -0.2) is 9.18 Å². The molecule has 5 nitrogen and oxygen atoms in total. The molecule has 1 heterocycles. The average Bonchev–Trinajstić information content (AvgIpc) is 2.53. The van der Waals surface area contributed by atoms with Crippen LogP contribution in [0.25, 0.3) is 11.0 Å². The molecule has 0 bridgehead atoms. The van der Waals surface area contributed by atoms with E-state index in [4.69, 9.17) is 8.60 Å². The van der Waals surface area contributed by atoms with E-state index in [0.717, 1.165) is 17.7 Å². The van der Waals surface area contributed by atoms with Crippen molar-refractivity contribution >= 4 is 21.1 Å². The smallest absolute Gasteiger partial charge is 0.339 e. The van der Waals surface area contributed by atoms with E-state index in [1.54, 1.807) is 6.07 Å². The maximum atomic E-state index is 13.2. The van der Waals surface area contributed by atoms with Crippen molar-refractivity contribution in [3.8, 4) is 5.75 Å². The molecule has 0 spiro atoms. The molecule has 7 heteroatoms. The van der Waals surface area contributed by atoms with Crippen LogP contribution in [0.2, 0.25) is 0 Å². The van der Waals surface area contributed by atoms with E-state index in [1.165, 1.54) is 30.3 Å². The number of rotatable bonds is 4. The van der Waals surface area contributed by atoms with Gasteiger partial charge < -0.3 is 8.60 Å². The van der Waals surface area contributed by atoms with Crippen LogP contribution in [0.5, 0.6) is 5.75 Å². The van der Waals surface area contributed by atoms with Gasteiger partial charge in [-0.2, -0.15) is 8.42 Å². The fourth-order valence-electron chi connectivity index (χ4n) is 2.49. The lowest BCUT2D eigenvalue weighted by Crippen LogP contribution is -2.10. The van der Waals surface area contributed by atoms with Crippen LogP contribution in [0.3, 0.4) is 0 Å². The van der Waals surface area contributed by atoms with Crippen LogP contribution in [-0.4, -0.2) is 8.42 Å². The summed E-state index contributed by atoms with van der Waals surface area (Å²) < 4.78 is 47.9. The topological polar surface area (TPSA) is 73.6 Å². The number of fused-ring (bicyclic) bond motifs is 1. The second-order valence-corrected chi connectivity index (χ2v) is 7.37. The summed E-state index contributed by atoms with van der Waals surface area (Å²) in [6, 6.07) is 10.4. The Hall–Kier alpha value is -2.67. The van der Waals surface area contributed by atoms with E-state index in [0.29, 0.717) is 5.39 Å². The minimum absolute atomic E-state index is 0.0270. The molecular weight excluding hydrogens is 347 g/mol. The summed E-state index contributed by atoms with van der Waals surface area (Å²) in [5.74, 6) is -0.619. The first-order chi connectivity index (χ1) is 11.8. The van der Waals surface area contributed by atoms with Gasteiger partial charge in [0.15, 0.2) is 0 Å². The molecular formula is C18H15FO5S. The lowest BCUT2D eigenvalue weighted by atomic mass is 10.00. The maximum Gasteiger partial charge on any atom is 0.339 e. The molecule has 3 rings (SSSR count). The average molecular weight is 362 g/mol. The summed E-state index contributed by atoms with van der Waals surface area (Å²) in [6.45, 7) is 3.88. The van der Waals surface area contributed by atoms with Gasteiger partial charge in [0.25, 0.3) is 0 Å². The van der Waals surface area contributed by atoms with Gasteiger partial charge in [0.1, 0.15) is 22.0 Å². The molecule has 0 radical (unpaired) electrons. The third kappa shape index (κ3) is 3.56. The van der Waals surface area contributed by atoms with E-state index < -0.39 is 21.6 Å². The molecule has 0 aliphatic carbocycles. The van der Waals surface area contributed by atoms with E-state index in [9.17, 15) is 17.6 Å². The molecule has 0 aliphatic rings. The molecule has 0 fully saturated rings. The van der Waals surface area contributed by atoms with Crippen molar-refractivity contribution in [1.82, 2.24) is 0 Å². The Morgan fingerprint density at radius 2 is 1.84 bits per heavy atom. The molecule has 1 aromatic heterocycles. The third-order valence-corrected chi connectivity index (χ3v) is 4.90. The van der Waals surface area contributed by atoms with E-state index in [-0.39, 0.29) is 22.1 Å². The Kier molecular flexibility index (Phi) is 4.34. The van der Waals surface area contributed by atoms with Crippen molar-refractivity contribution in [1.29, 1.82) is 0 Å². The largest absolute Gasteiger partial charge is 0.423 e. The normalized spacial score (nSPS) is 11.8. The monoisotopic (exact) mass is 362 g/mol. The van der Waals surface area contributed by atoms with Crippen molar-refractivity contribution < 1.29 is 21.4 Å². The predicted molar refractivity (Wildman–Crippen MR) is 90.8 cm³/mol. The van der Waals surface area contributed by atoms with Gasteiger partial charge in [-0.3, -0.25) is 0 Å². The number of hydrogen-bond acceptors (Lipinski definition) is 5. The van der Waals surface area contributed by atoms with Crippen molar-refractivity contribution in [2.45, 2.75) is 24.7 Å². The first-order valence-electron chi connectivity index (χ1n) is 7.54. The number of benzene rings is 2. The zero-order valence-corrected chi connectivity index (χ0v) is 14.3. The second-order valence-electron chi connectivity index (χ2n) is 5.83. The number of halogens is 1. The van der Waals surface area contributed by atoms with Crippen LogP contribution in [0.1, 0.15) is 25.3 Å². The van der Waals surface area contributed by atoms with E-state index in [1.807, 2.05) is 13.8 Å². The predicted octanol–water partition coefficient (Wildman–Crippen LogP) is 3.82. The minimum atomic E-state index is -4.20. The molecule has 25 heavy (non-hydrogen) atoms. The van der Waals surface area contributed by atoms with Crippen LogP contribution >= 0.6 is 0 Å². The highest BCUT2D eigenvalue weighted by atomic mass is 32.2. The van der Waals surface area contributed by atoms with Gasteiger partial charge in [-0.1, -0.05) is 19.9 Å². The molecule has 0 unspecified atom stereocenters. The van der Waals surface area contributed by atoms with Gasteiger partial charge in [0.2, 0.25) is 0 Å². The maximum absolute atomic E-state index is 13.2. The van der Waals surface area contributed by atoms with Gasteiger partial charge >= 0.3 is 15.7 Å². The van der Waals surface area contributed by atoms with Crippen molar-refractivity contribution in [2.75, 3.05) is 0 Å². The highest BCUT2D eigenvalue weighted by Crippen LogP contribution is 2.28. The molecule has 0 N–H and O–H groups in total. The standard InChI is InChI=1S/C18H15FO5S/c1-11(2)16-10-18(20)23-17-9-13(6-7-15(16)17)24-25(21,22)14-5-3-4-12(19)8-14/h3-11H,1-2H3. The van der Waals surface area contributed by atoms with Gasteiger partial charge in [-0.15, -0.1) is 0 Å². The lowest BCUT2D eigenvalue weighted by molar-refractivity contribution is 0.483. The van der Waals surface area contributed by atoms with Crippen LogP contribution < -0.4 is 9.81 Å². The Labute approximate surface area is 143 Å². The van der Waals surface area contributed by atoms with Gasteiger partial charge in [-0.05, 0) is 41.8 Å². The third-order valence-electron chi connectivity index (χ3n) is 3.66. The first-order valence-corrected chi connectivity index (χ1v) is 8.95. The summed E-state index contributed by atoms with van der Waals surface area (Å²) in [4.78, 5) is 11.4. The van der Waals surface area contributed by atoms with E-state index >= 15 is 0 Å². The quantitative estimate of drug-likeness (QED) is 0.521.